The summed E-state index contributed by atoms with van der Waals surface area (Å²) in [5, 5.41) is 3.56. The first kappa shape index (κ1) is 8.06. The Labute approximate surface area is 64.2 Å². The SMILES string of the molecule is CCCN[C@H]1CC[C@@H](C)C1. The number of hydrogen-bond acceptors (Lipinski definition) is 1. The lowest BCUT2D eigenvalue weighted by molar-refractivity contribution is 0.502. The molecule has 0 aromatic carbocycles. The predicted octanol–water partition coefficient (Wildman–Crippen LogP) is 2.17. The van der Waals surface area contributed by atoms with Gasteiger partial charge in [-0.15, -0.1) is 0 Å². The van der Waals surface area contributed by atoms with Gasteiger partial charge in [0.15, 0.2) is 0 Å². The zero-order chi connectivity index (χ0) is 7.40. The summed E-state index contributed by atoms with van der Waals surface area (Å²) in [6.45, 7) is 5.79. The highest BCUT2D eigenvalue weighted by Gasteiger charge is 2.19. The van der Waals surface area contributed by atoms with Gasteiger partial charge in [0, 0.05) is 6.04 Å². The van der Waals surface area contributed by atoms with Crippen molar-refractivity contribution in [2.24, 2.45) is 5.92 Å². The molecule has 0 aromatic rings. The molecule has 0 radical (unpaired) electrons. The van der Waals surface area contributed by atoms with Crippen LogP contribution >= 0.6 is 0 Å². The van der Waals surface area contributed by atoms with Crippen molar-refractivity contribution >= 4 is 0 Å². The van der Waals surface area contributed by atoms with Crippen LogP contribution in [-0.4, -0.2) is 12.6 Å². The lowest BCUT2D eigenvalue weighted by Gasteiger charge is -2.10. The maximum atomic E-state index is 3.56. The fourth-order valence-corrected chi connectivity index (χ4v) is 1.74. The zero-order valence-corrected chi connectivity index (χ0v) is 7.19. The van der Waals surface area contributed by atoms with E-state index in [0.717, 1.165) is 12.0 Å². The maximum absolute atomic E-state index is 3.56. The molecule has 1 nitrogen and oxygen atoms in total. The summed E-state index contributed by atoms with van der Waals surface area (Å²) in [5.74, 6) is 0.967. The quantitative estimate of drug-likeness (QED) is 0.635. The second-order valence-electron chi connectivity index (χ2n) is 3.57. The number of nitrogens with one attached hydrogen (secondary N) is 1. The Hall–Kier alpha value is -0.0400. The molecular weight excluding hydrogens is 122 g/mol. The zero-order valence-electron chi connectivity index (χ0n) is 7.19. The second kappa shape index (κ2) is 3.97. The minimum atomic E-state index is 0.843. The van der Waals surface area contributed by atoms with Gasteiger partial charge in [-0.1, -0.05) is 13.8 Å². The summed E-state index contributed by atoms with van der Waals surface area (Å²) in [7, 11) is 0. The maximum Gasteiger partial charge on any atom is 0.00696 e. The predicted molar refractivity (Wildman–Crippen MR) is 45.1 cm³/mol. The molecule has 0 amide bonds. The highest BCUT2D eigenvalue weighted by molar-refractivity contribution is 4.77. The minimum absolute atomic E-state index is 0.843. The van der Waals surface area contributed by atoms with E-state index in [1.807, 2.05) is 0 Å². The normalized spacial score (nSPS) is 33.0. The first-order valence-electron chi connectivity index (χ1n) is 4.56. The van der Waals surface area contributed by atoms with Gasteiger partial charge in [-0.3, -0.25) is 0 Å². The topological polar surface area (TPSA) is 12.0 Å². The van der Waals surface area contributed by atoms with Crippen molar-refractivity contribution in [2.75, 3.05) is 6.54 Å². The van der Waals surface area contributed by atoms with Crippen molar-refractivity contribution in [3.63, 3.8) is 0 Å². The third-order valence-corrected chi connectivity index (χ3v) is 2.38. The van der Waals surface area contributed by atoms with E-state index in [-0.39, 0.29) is 0 Å². The van der Waals surface area contributed by atoms with E-state index in [9.17, 15) is 0 Å². The Morgan fingerprint density at radius 1 is 1.40 bits per heavy atom. The van der Waals surface area contributed by atoms with Gasteiger partial charge in [-0.05, 0) is 38.1 Å². The summed E-state index contributed by atoms with van der Waals surface area (Å²) in [4.78, 5) is 0. The molecule has 1 aliphatic rings. The van der Waals surface area contributed by atoms with E-state index >= 15 is 0 Å². The lowest BCUT2D eigenvalue weighted by atomic mass is 10.1. The molecular formula is C9H19N. The monoisotopic (exact) mass is 141 g/mol. The molecule has 1 rings (SSSR count). The molecule has 1 heteroatoms. The molecule has 1 fully saturated rings. The van der Waals surface area contributed by atoms with Crippen molar-refractivity contribution in [1.82, 2.24) is 5.32 Å². The van der Waals surface area contributed by atoms with Crippen molar-refractivity contribution in [3.05, 3.63) is 0 Å². The van der Waals surface area contributed by atoms with Crippen molar-refractivity contribution in [3.8, 4) is 0 Å². The van der Waals surface area contributed by atoms with E-state index in [1.165, 1.54) is 32.2 Å². The third-order valence-electron chi connectivity index (χ3n) is 2.38. The molecule has 1 N–H and O–H groups in total. The molecule has 60 valence electrons. The molecule has 0 bridgehead atoms. The molecule has 0 heterocycles. The van der Waals surface area contributed by atoms with Crippen LogP contribution in [0.4, 0.5) is 0 Å². The van der Waals surface area contributed by atoms with Crippen LogP contribution in [0.2, 0.25) is 0 Å². The summed E-state index contributed by atoms with van der Waals surface area (Å²) >= 11 is 0. The smallest absolute Gasteiger partial charge is 0.00696 e. The van der Waals surface area contributed by atoms with E-state index in [0.29, 0.717) is 0 Å². The Balaban J connectivity index is 2.06. The fourth-order valence-electron chi connectivity index (χ4n) is 1.74. The largest absolute Gasteiger partial charge is 0.314 e. The standard InChI is InChI=1S/C9H19N/c1-3-6-10-9-5-4-8(2)7-9/h8-10H,3-7H2,1-2H3/t8-,9+/m1/s1. The van der Waals surface area contributed by atoms with Crippen LogP contribution in [0.15, 0.2) is 0 Å². The van der Waals surface area contributed by atoms with Gasteiger partial charge in [-0.2, -0.15) is 0 Å². The van der Waals surface area contributed by atoms with Crippen molar-refractivity contribution in [1.29, 1.82) is 0 Å². The summed E-state index contributed by atoms with van der Waals surface area (Å²) in [5.41, 5.74) is 0. The van der Waals surface area contributed by atoms with Gasteiger partial charge in [-0.25, -0.2) is 0 Å². The van der Waals surface area contributed by atoms with Crippen molar-refractivity contribution in [2.45, 2.75) is 45.6 Å². The first-order chi connectivity index (χ1) is 4.83. The summed E-state index contributed by atoms with van der Waals surface area (Å²) in [6, 6.07) is 0.843. The average molecular weight is 141 g/mol. The summed E-state index contributed by atoms with van der Waals surface area (Å²) in [6.07, 6.45) is 5.51. The van der Waals surface area contributed by atoms with Crippen LogP contribution < -0.4 is 5.32 Å². The molecule has 2 atom stereocenters. The average Bonchev–Trinajstić information content (AvgIpc) is 2.31. The summed E-state index contributed by atoms with van der Waals surface area (Å²) < 4.78 is 0. The second-order valence-corrected chi connectivity index (χ2v) is 3.57. The fraction of sp³-hybridized carbons (Fsp3) is 1.00. The molecule has 1 aliphatic carbocycles. The van der Waals surface area contributed by atoms with Gasteiger partial charge < -0.3 is 5.32 Å². The van der Waals surface area contributed by atoms with Crippen LogP contribution in [0, 0.1) is 5.92 Å². The van der Waals surface area contributed by atoms with Crippen LogP contribution in [0.5, 0.6) is 0 Å². The van der Waals surface area contributed by atoms with E-state index in [2.05, 4.69) is 19.2 Å². The molecule has 0 saturated heterocycles. The molecule has 0 aromatic heterocycles. The molecule has 0 aliphatic heterocycles. The van der Waals surface area contributed by atoms with Gasteiger partial charge >= 0.3 is 0 Å². The van der Waals surface area contributed by atoms with Crippen molar-refractivity contribution < 1.29 is 0 Å². The first-order valence-corrected chi connectivity index (χ1v) is 4.56. The van der Waals surface area contributed by atoms with Gasteiger partial charge in [0.2, 0.25) is 0 Å². The van der Waals surface area contributed by atoms with Gasteiger partial charge in [0.25, 0.3) is 0 Å². The molecule has 10 heavy (non-hydrogen) atoms. The van der Waals surface area contributed by atoms with Crippen LogP contribution in [0.25, 0.3) is 0 Å². The molecule has 1 saturated carbocycles. The van der Waals surface area contributed by atoms with E-state index < -0.39 is 0 Å². The third kappa shape index (κ3) is 2.30. The molecule has 0 spiro atoms. The highest BCUT2D eigenvalue weighted by atomic mass is 14.9. The Kier molecular flexibility index (Phi) is 3.20. The van der Waals surface area contributed by atoms with E-state index in [1.54, 1.807) is 0 Å². The van der Waals surface area contributed by atoms with Crippen LogP contribution in [0.1, 0.15) is 39.5 Å². The molecule has 0 unspecified atom stereocenters. The van der Waals surface area contributed by atoms with Crippen LogP contribution in [-0.2, 0) is 0 Å². The van der Waals surface area contributed by atoms with Gasteiger partial charge in [0.05, 0.1) is 0 Å². The Bertz CT molecular complexity index is 90.7. The number of hydrogen-bond donors (Lipinski definition) is 1. The lowest BCUT2D eigenvalue weighted by Crippen LogP contribution is -2.26. The van der Waals surface area contributed by atoms with Crippen LogP contribution in [0.3, 0.4) is 0 Å². The minimum Gasteiger partial charge on any atom is -0.314 e. The van der Waals surface area contributed by atoms with E-state index in [4.69, 9.17) is 0 Å². The highest BCUT2D eigenvalue weighted by Crippen LogP contribution is 2.24. The Morgan fingerprint density at radius 3 is 2.70 bits per heavy atom. The Morgan fingerprint density at radius 2 is 2.20 bits per heavy atom. The van der Waals surface area contributed by atoms with Gasteiger partial charge in [0.1, 0.15) is 0 Å². The number of rotatable bonds is 3.